The number of imide groups is 1. The number of piperidine rings is 1. The zero-order chi connectivity index (χ0) is 14.6. The standard InChI is InChI=1S/C14H26N2O3/c1-10(2)7-15-8-11(17)9-16-12(18)5-14(3,4)6-13(16)19/h10-11,15,17H,5-9H2,1-4H3. The first kappa shape index (κ1) is 16.1. The molecule has 0 aliphatic carbocycles. The van der Waals surface area contributed by atoms with E-state index in [1.165, 1.54) is 4.90 Å². The molecule has 5 heteroatoms. The minimum absolute atomic E-state index is 0.0961. The van der Waals surface area contributed by atoms with Crippen molar-refractivity contribution in [1.82, 2.24) is 10.2 Å². The molecule has 110 valence electrons. The van der Waals surface area contributed by atoms with Gasteiger partial charge in [0.1, 0.15) is 0 Å². The van der Waals surface area contributed by atoms with E-state index in [1.807, 2.05) is 13.8 Å². The largest absolute Gasteiger partial charge is 0.390 e. The average Bonchev–Trinajstić information content (AvgIpc) is 2.21. The number of carbonyl (C=O) groups is 2. The monoisotopic (exact) mass is 270 g/mol. The van der Waals surface area contributed by atoms with Crippen LogP contribution in [0.5, 0.6) is 0 Å². The van der Waals surface area contributed by atoms with Crippen molar-refractivity contribution in [3.8, 4) is 0 Å². The van der Waals surface area contributed by atoms with E-state index in [4.69, 9.17) is 0 Å². The molecule has 1 unspecified atom stereocenters. The maximum Gasteiger partial charge on any atom is 0.229 e. The van der Waals surface area contributed by atoms with Crippen LogP contribution < -0.4 is 5.32 Å². The van der Waals surface area contributed by atoms with Gasteiger partial charge in [-0.2, -0.15) is 0 Å². The van der Waals surface area contributed by atoms with Crippen molar-refractivity contribution in [1.29, 1.82) is 0 Å². The molecular weight excluding hydrogens is 244 g/mol. The van der Waals surface area contributed by atoms with Crippen molar-refractivity contribution in [2.75, 3.05) is 19.6 Å². The molecule has 1 aliphatic heterocycles. The van der Waals surface area contributed by atoms with Gasteiger partial charge in [0.15, 0.2) is 0 Å². The Balaban J connectivity index is 2.43. The molecule has 5 nitrogen and oxygen atoms in total. The van der Waals surface area contributed by atoms with Gasteiger partial charge < -0.3 is 10.4 Å². The molecule has 1 atom stereocenters. The minimum atomic E-state index is -0.701. The number of β-amino-alcohol motifs (C(OH)–C–C–N with tert-alkyl or cyclic N) is 1. The van der Waals surface area contributed by atoms with Crippen molar-refractivity contribution >= 4 is 11.8 Å². The lowest BCUT2D eigenvalue weighted by Crippen LogP contribution is -2.50. The molecular formula is C14H26N2O3. The molecule has 0 radical (unpaired) electrons. The Bertz CT molecular complexity index is 320. The number of rotatable bonds is 6. The Hall–Kier alpha value is -0.940. The number of likely N-dealkylation sites (tertiary alicyclic amines) is 1. The number of aliphatic hydroxyl groups is 1. The second kappa shape index (κ2) is 6.48. The summed E-state index contributed by atoms with van der Waals surface area (Å²) in [6.45, 7) is 9.31. The van der Waals surface area contributed by atoms with Gasteiger partial charge in [0.25, 0.3) is 0 Å². The van der Waals surface area contributed by atoms with Crippen LogP contribution in [0.1, 0.15) is 40.5 Å². The lowest BCUT2D eigenvalue weighted by molar-refractivity contribution is -0.154. The second-order valence-electron chi connectivity index (χ2n) is 6.62. The summed E-state index contributed by atoms with van der Waals surface area (Å²) in [7, 11) is 0. The van der Waals surface area contributed by atoms with E-state index in [9.17, 15) is 14.7 Å². The Kier molecular flexibility index (Phi) is 5.50. The number of nitrogens with zero attached hydrogens (tertiary/aromatic N) is 1. The van der Waals surface area contributed by atoms with Crippen LogP contribution in [0.3, 0.4) is 0 Å². The summed E-state index contributed by atoms with van der Waals surface area (Å²) in [6.07, 6.45) is 0.0309. The molecule has 0 aromatic rings. The number of aliphatic hydroxyl groups excluding tert-OH is 1. The molecule has 2 amide bonds. The first-order valence-electron chi connectivity index (χ1n) is 6.93. The van der Waals surface area contributed by atoms with Gasteiger partial charge >= 0.3 is 0 Å². The highest BCUT2D eigenvalue weighted by Gasteiger charge is 2.37. The highest BCUT2D eigenvalue weighted by molar-refractivity contribution is 5.98. The van der Waals surface area contributed by atoms with Crippen molar-refractivity contribution in [2.45, 2.75) is 46.6 Å². The van der Waals surface area contributed by atoms with E-state index in [0.717, 1.165) is 6.54 Å². The number of nitrogens with one attached hydrogen (secondary N) is 1. The van der Waals surface area contributed by atoms with Crippen LogP contribution in [0.25, 0.3) is 0 Å². The number of hydrogen-bond donors (Lipinski definition) is 2. The van der Waals surface area contributed by atoms with Crippen LogP contribution in [-0.2, 0) is 9.59 Å². The Morgan fingerprint density at radius 2 is 1.74 bits per heavy atom. The summed E-state index contributed by atoms with van der Waals surface area (Å²) >= 11 is 0. The third kappa shape index (κ3) is 5.28. The Morgan fingerprint density at radius 3 is 2.21 bits per heavy atom. The van der Waals surface area contributed by atoms with E-state index in [-0.39, 0.29) is 23.8 Å². The van der Waals surface area contributed by atoms with Crippen molar-refractivity contribution in [3.63, 3.8) is 0 Å². The van der Waals surface area contributed by atoms with Crippen LogP contribution in [0, 0.1) is 11.3 Å². The molecule has 0 bridgehead atoms. The highest BCUT2D eigenvalue weighted by Crippen LogP contribution is 2.31. The zero-order valence-corrected chi connectivity index (χ0v) is 12.4. The first-order valence-corrected chi connectivity index (χ1v) is 6.93. The maximum atomic E-state index is 11.9. The molecule has 0 spiro atoms. The molecule has 1 heterocycles. The molecule has 0 aromatic heterocycles. The molecule has 0 aromatic carbocycles. The molecule has 1 fully saturated rings. The van der Waals surface area contributed by atoms with E-state index in [1.54, 1.807) is 0 Å². The Labute approximate surface area is 115 Å². The average molecular weight is 270 g/mol. The van der Waals surface area contributed by atoms with Crippen LogP contribution in [0.4, 0.5) is 0 Å². The van der Waals surface area contributed by atoms with Gasteiger partial charge in [-0.1, -0.05) is 27.7 Å². The molecule has 2 N–H and O–H groups in total. The van der Waals surface area contributed by atoms with Gasteiger partial charge in [-0.15, -0.1) is 0 Å². The minimum Gasteiger partial charge on any atom is -0.390 e. The number of hydrogen-bond acceptors (Lipinski definition) is 4. The molecule has 1 aliphatic rings. The fourth-order valence-electron chi connectivity index (χ4n) is 2.23. The van der Waals surface area contributed by atoms with Crippen LogP contribution in [-0.4, -0.2) is 47.6 Å². The fraction of sp³-hybridized carbons (Fsp3) is 0.857. The lowest BCUT2D eigenvalue weighted by Gasteiger charge is -2.35. The van der Waals surface area contributed by atoms with Crippen LogP contribution >= 0.6 is 0 Å². The van der Waals surface area contributed by atoms with Crippen LogP contribution in [0.2, 0.25) is 0 Å². The second-order valence-corrected chi connectivity index (χ2v) is 6.62. The van der Waals surface area contributed by atoms with E-state index >= 15 is 0 Å². The molecule has 19 heavy (non-hydrogen) atoms. The van der Waals surface area contributed by atoms with Gasteiger partial charge in [-0.3, -0.25) is 14.5 Å². The molecule has 0 saturated carbocycles. The lowest BCUT2D eigenvalue weighted by atomic mass is 9.81. The molecule has 1 rings (SSSR count). The first-order chi connectivity index (χ1) is 8.71. The Morgan fingerprint density at radius 1 is 1.21 bits per heavy atom. The van der Waals surface area contributed by atoms with Gasteiger partial charge in [0, 0.05) is 19.4 Å². The fourth-order valence-corrected chi connectivity index (χ4v) is 2.23. The summed E-state index contributed by atoms with van der Waals surface area (Å²) in [5, 5.41) is 13.0. The predicted molar refractivity (Wildman–Crippen MR) is 73.4 cm³/mol. The van der Waals surface area contributed by atoms with Crippen molar-refractivity contribution < 1.29 is 14.7 Å². The summed E-state index contributed by atoms with van der Waals surface area (Å²) in [5.41, 5.74) is -0.258. The smallest absolute Gasteiger partial charge is 0.229 e. The summed E-state index contributed by atoms with van der Waals surface area (Å²) in [4.78, 5) is 25.0. The van der Waals surface area contributed by atoms with E-state index in [2.05, 4.69) is 19.2 Å². The van der Waals surface area contributed by atoms with Gasteiger partial charge in [-0.05, 0) is 17.9 Å². The van der Waals surface area contributed by atoms with E-state index < -0.39 is 6.10 Å². The quantitative estimate of drug-likeness (QED) is 0.699. The third-order valence-electron chi connectivity index (χ3n) is 3.19. The number of carbonyl (C=O) groups excluding carboxylic acids is 2. The normalized spacial score (nSPS) is 21.1. The van der Waals surface area contributed by atoms with Gasteiger partial charge in [-0.25, -0.2) is 0 Å². The summed E-state index contributed by atoms with van der Waals surface area (Å²) < 4.78 is 0. The third-order valence-corrected chi connectivity index (χ3v) is 3.19. The van der Waals surface area contributed by atoms with Crippen molar-refractivity contribution in [2.24, 2.45) is 11.3 Å². The molecule has 1 saturated heterocycles. The summed E-state index contributed by atoms with van der Waals surface area (Å²) in [5.74, 6) is 0.152. The van der Waals surface area contributed by atoms with Gasteiger partial charge in [0.05, 0.1) is 12.6 Å². The van der Waals surface area contributed by atoms with Gasteiger partial charge in [0.2, 0.25) is 11.8 Å². The maximum absolute atomic E-state index is 11.9. The van der Waals surface area contributed by atoms with Crippen molar-refractivity contribution in [3.05, 3.63) is 0 Å². The topological polar surface area (TPSA) is 69.6 Å². The van der Waals surface area contributed by atoms with E-state index in [0.29, 0.717) is 25.3 Å². The summed E-state index contributed by atoms with van der Waals surface area (Å²) in [6, 6.07) is 0. The zero-order valence-electron chi connectivity index (χ0n) is 12.4. The highest BCUT2D eigenvalue weighted by atomic mass is 16.3. The predicted octanol–water partition coefficient (Wildman–Crippen LogP) is 0.768. The van der Waals surface area contributed by atoms with Crippen LogP contribution in [0.15, 0.2) is 0 Å². The number of amides is 2. The SMILES string of the molecule is CC(C)CNCC(O)CN1C(=O)CC(C)(C)CC1=O.